The third-order valence-electron chi connectivity index (χ3n) is 3.85. The fourth-order valence-corrected chi connectivity index (χ4v) is 3.92. The van der Waals surface area contributed by atoms with Gasteiger partial charge in [0, 0.05) is 23.5 Å². The van der Waals surface area contributed by atoms with Gasteiger partial charge in [0.25, 0.3) is 5.91 Å². The highest BCUT2D eigenvalue weighted by atomic mass is 35.5. The van der Waals surface area contributed by atoms with Gasteiger partial charge < -0.3 is 4.90 Å². The Bertz CT molecular complexity index is 849. The van der Waals surface area contributed by atoms with Gasteiger partial charge in [-0.2, -0.15) is 0 Å². The SMILES string of the molecule is CSc1cccc(C(=O)N(CCN(C)C)c2nc3ccccc3s2)c1.Cl. The standard InChI is InChI=1S/C19H21N3OS2.ClH/c1-21(2)11-12-22(18(23)14-7-6-8-15(13-14)24-3)19-20-16-9-4-5-10-17(16)25-19;/h4-10,13H,11-12H2,1-3H3;1H. The fraction of sp³-hybridized carbons (Fsp3) is 0.263. The maximum atomic E-state index is 13.2. The van der Waals surface area contributed by atoms with Gasteiger partial charge in [-0.15, -0.1) is 24.2 Å². The lowest BCUT2D eigenvalue weighted by molar-refractivity contribution is 0.0985. The number of anilines is 1. The summed E-state index contributed by atoms with van der Waals surface area (Å²) in [6.07, 6.45) is 2.01. The highest BCUT2D eigenvalue weighted by Gasteiger charge is 2.21. The number of benzene rings is 2. The molecule has 0 saturated heterocycles. The second kappa shape index (κ2) is 9.37. The smallest absolute Gasteiger partial charge is 0.260 e. The van der Waals surface area contributed by atoms with Gasteiger partial charge in [-0.25, -0.2) is 4.98 Å². The number of halogens is 1. The third-order valence-corrected chi connectivity index (χ3v) is 5.63. The van der Waals surface area contributed by atoms with Crippen LogP contribution in [0.1, 0.15) is 10.4 Å². The molecule has 0 bridgehead atoms. The van der Waals surface area contributed by atoms with Crippen LogP contribution in [0, 0.1) is 0 Å². The van der Waals surface area contributed by atoms with Crippen molar-refractivity contribution in [1.29, 1.82) is 0 Å². The Kier molecular flexibility index (Phi) is 7.46. The van der Waals surface area contributed by atoms with E-state index in [-0.39, 0.29) is 18.3 Å². The lowest BCUT2D eigenvalue weighted by Crippen LogP contribution is -2.36. The van der Waals surface area contributed by atoms with Crippen LogP contribution in [0.4, 0.5) is 5.13 Å². The quantitative estimate of drug-likeness (QED) is 0.557. The van der Waals surface area contributed by atoms with Crippen LogP contribution in [0.3, 0.4) is 0 Å². The molecule has 0 atom stereocenters. The first-order valence-electron chi connectivity index (χ1n) is 8.04. The molecular weight excluding hydrogens is 386 g/mol. The maximum absolute atomic E-state index is 13.2. The minimum Gasteiger partial charge on any atom is -0.308 e. The molecule has 2 aromatic carbocycles. The first kappa shape index (κ1) is 20.7. The number of hydrogen-bond acceptors (Lipinski definition) is 5. The zero-order valence-corrected chi connectivity index (χ0v) is 17.5. The predicted molar refractivity (Wildman–Crippen MR) is 115 cm³/mol. The summed E-state index contributed by atoms with van der Waals surface area (Å²) in [5.74, 6) is -0.00296. The van der Waals surface area contributed by atoms with Gasteiger partial charge in [-0.1, -0.05) is 29.5 Å². The first-order chi connectivity index (χ1) is 12.1. The van der Waals surface area contributed by atoms with Crippen molar-refractivity contribution in [3.63, 3.8) is 0 Å². The number of rotatable bonds is 6. The van der Waals surface area contributed by atoms with Crippen molar-refractivity contribution in [3.8, 4) is 0 Å². The zero-order chi connectivity index (χ0) is 17.8. The second-order valence-electron chi connectivity index (χ2n) is 5.96. The number of hydrogen-bond donors (Lipinski definition) is 0. The number of para-hydroxylation sites is 1. The summed E-state index contributed by atoms with van der Waals surface area (Å²) in [5, 5.41) is 0.752. The van der Waals surface area contributed by atoms with Crippen LogP contribution in [-0.4, -0.2) is 49.2 Å². The molecule has 138 valence electrons. The summed E-state index contributed by atoms with van der Waals surface area (Å²) >= 11 is 3.20. The van der Waals surface area contributed by atoms with E-state index in [0.29, 0.717) is 12.1 Å². The normalized spacial score (nSPS) is 10.8. The Morgan fingerprint density at radius 3 is 2.58 bits per heavy atom. The minimum atomic E-state index is -0.00296. The number of thiazole rings is 1. The van der Waals surface area contributed by atoms with Crippen LogP contribution in [0.25, 0.3) is 10.2 Å². The topological polar surface area (TPSA) is 36.4 Å². The van der Waals surface area contributed by atoms with E-state index in [2.05, 4.69) is 9.88 Å². The molecule has 3 aromatic rings. The van der Waals surface area contributed by atoms with E-state index in [1.54, 1.807) is 28.0 Å². The number of carbonyl (C=O) groups is 1. The van der Waals surface area contributed by atoms with Crippen molar-refractivity contribution < 1.29 is 4.79 Å². The van der Waals surface area contributed by atoms with Crippen LogP contribution in [0.2, 0.25) is 0 Å². The van der Waals surface area contributed by atoms with Crippen LogP contribution in [0.5, 0.6) is 0 Å². The average molecular weight is 408 g/mol. The Labute approximate surface area is 168 Å². The van der Waals surface area contributed by atoms with Crippen molar-refractivity contribution in [2.75, 3.05) is 38.3 Å². The van der Waals surface area contributed by atoms with E-state index in [1.165, 1.54) is 0 Å². The van der Waals surface area contributed by atoms with Gasteiger partial charge >= 0.3 is 0 Å². The van der Waals surface area contributed by atoms with Crippen molar-refractivity contribution >= 4 is 56.8 Å². The van der Waals surface area contributed by atoms with E-state index in [4.69, 9.17) is 0 Å². The Morgan fingerprint density at radius 1 is 1.12 bits per heavy atom. The molecule has 0 radical (unpaired) electrons. The molecule has 1 heterocycles. The van der Waals surface area contributed by atoms with Gasteiger partial charge in [0.1, 0.15) is 0 Å². The second-order valence-corrected chi connectivity index (χ2v) is 7.84. The summed E-state index contributed by atoms with van der Waals surface area (Å²) < 4.78 is 1.10. The molecule has 3 rings (SSSR count). The minimum absolute atomic E-state index is 0. The van der Waals surface area contributed by atoms with Gasteiger partial charge in [0.15, 0.2) is 5.13 Å². The van der Waals surface area contributed by atoms with Gasteiger partial charge in [-0.05, 0) is 50.7 Å². The first-order valence-corrected chi connectivity index (χ1v) is 10.1. The molecule has 26 heavy (non-hydrogen) atoms. The predicted octanol–water partition coefficient (Wildman–Crippen LogP) is 4.65. The van der Waals surface area contributed by atoms with Crippen molar-refractivity contribution in [2.24, 2.45) is 0 Å². The molecule has 0 aliphatic heterocycles. The number of aromatic nitrogens is 1. The molecular formula is C19H22ClN3OS2. The maximum Gasteiger partial charge on any atom is 0.260 e. The Morgan fingerprint density at radius 2 is 1.88 bits per heavy atom. The monoisotopic (exact) mass is 407 g/mol. The lowest BCUT2D eigenvalue weighted by Gasteiger charge is -2.22. The molecule has 0 spiro atoms. The molecule has 0 N–H and O–H groups in total. The highest BCUT2D eigenvalue weighted by molar-refractivity contribution is 7.98. The summed E-state index contributed by atoms with van der Waals surface area (Å²) in [7, 11) is 4.02. The van der Waals surface area contributed by atoms with Crippen LogP contribution >= 0.6 is 35.5 Å². The Hall–Kier alpha value is -1.60. The number of thioether (sulfide) groups is 1. The Balaban J connectivity index is 0.00000243. The van der Waals surface area contributed by atoms with E-state index in [0.717, 1.165) is 26.8 Å². The molecule has 1 aromatic heterocycles. The average Bonchev–Trinajstić information content (AvgIpc) is 3.05. The number of nitrogens with zero attached hydrogens (tertiary/aromatic N) is 3. The van der Waals surface area contributed by atoms with Gasteiger partial charge in [-0.3, -0.25) is 9.69 Å². The van der Waals surface area contributed by atoms with E-state index in [9.17, 15) is 4.79 Å². The fourth-order valence-electron chi connectivity index (χ4n) is 2.47. The number of amides is 1. The molecule has 0 aliphatic rings. The van der Waals surface area contributed by atoms with Crippen molar-refractivity contribution in [2.45, 2.75) is 4.90 Å². The van der Waals surface area contributed by atoms with Crippen molar-refractivity contribution in [3.05, 3.63) is 54.1 Å². The summed E-state index contributed by atoms with van der Waals surface area (Å²) in [6.45, 7) is 1.39. The summed E-state index contributed by atoms with van der Waals surface area (Å²) in [4.78, 5) is 22.8. The molecule has 4 nitrogen and oxygen atoms in total. The third kappa shape index (κ3) is 4.76. The van der Waals surface area contributed by atoms with Crippen LogP contribution < -0.4 is 4.90 Å². The number of fused-ring (bicyclic) bond motifs is 1. The lowest BCUT2D eigenvalue weighted by atomic mass is 10.2. The highest BCUT2D eigenvalue weighted by Crippen LogP contribution is 2.30. The van der Waals surface area contributed by atoms with E-state index >= 15 is 0 Å². The van der Waals surface area contributed by atoms with Crippen molar-refractivity contribution in [1.82, 2.24) is 9.88 Å². The molecule has 7 heteroatoms. The molecule has 0 saturated carbocycles. The van der Waals surface area contributed by atoms with Crippen LogP contribution in [-0.2, 0) is 0 Å². The van der Waals surface area contributed by atoms with E-state index in [1.807, 2.05) is 68.9 Å². The zero-order valence-electron chi connectivity index (χ0n) is 15.0. The summed E-state index contributed by atoms with van der Waals surface area (Å²) in [6, 6.07) is 15.8. The molecule has 1 amide bonds. The van der Waals surface area contributed by atoms with E-state index < -0.39 is 0 Å². The number of likely N-dealkylation sites (N-methyl/N-ethyl adjacent to an activating group) is 1. The largest absolute Gasteiger partial charge is 0.308 e. The van der Waals surface area contributed by atoms with Crippen LogP contribution in [0.15, 0.2) is 53.4 Å². The molecule has 0 fully saturated rings. The van der Waals surface area contributed by atoms with Gasteiger partial charge in [0.05, 0.1) is 10.2 Å². The molecule has 0 unspecified atom stereocenters. The summed E-state index contributed by atoms with van der Waals surface area (Å²) in [5.41, 5.74) is 1.63. The number of carbonyl (C=O) groups excluding carboxylic acids is 1. The van der Waals surface area contributed by atoms with Gasteiger partial charge in [0.2, 0.25) is 0 Å². The molecule has 0 aliphatic carbocycles.